The van der Waals surface area contributed by atoms with Crippen molar-refractivity contribution in [3.8, 4) is 0 Å². The number of carbonyl (C=O) groups is 1. The summed E-state index contributed by atoms with van der Waals surface area (Å²) in [5, 5.41) is 6.46. The highest BCUT2D eigenvalue weighted by molar-refractivity contribution is 6.07. The lowest BCUT2D eigenvalue weighted by Gasteiger charge is -2.31. The molecule has 2 N–H and O–H groups in total. The summed E-state index contributed by atoms with van der Waals surface area (Å²) < 4.78 is 45.8. The third-order valence-electron chi connectivity index (χ3n) is 3.99. The first kappa shape index (κ1) is 16.6. The number of hydrogen-bond acceptors (Lipinski definition) is 4. The second-order valence-electron chi connectivity index (χ2n) is 5.63. The number of hydrazone groups is 1. The number of hydrogen-bond donors (Lipinski definition) is 2. The van der Waals surface area contributed by atoms with E-state index in [4.69, 9.17) is 4.74 Å². The number of nitrogens with zero attached hydrogens (tertiary/aromatic N) is 2. The maximum Gasteiger partial charge on any atom is 0.418 e. The standard InChI is InChI=1S/C15H17F3N4O2/c1-9-13(20-21-14(23)19-9)10-2-3-12(11(8-10)15(16,17)18)22-4-6-24-7-5-22/h2-3,8-9H,4-7H2,1H3,(H2,19,21,23)/t9-/m0/s1. The van der Waals surface area contributed by atoms with Crippen molar-refractivity contribution >= 4 is 17.4 Å². The molecule has 0 spiro atoms. The Kier molecular flexibility index (Phi) is 4.35. The van der Waals surface area contributed by atoms with Gasteiger partial charge in [0.1, 0.15) is 0 Å². The van der Waals surface area contributed by atoms with Crippen LogP contribution in [-0.4, -0.2) is 44.1 Å². The maximum atomic E-state index is 13.5. The molecule has 0 bridgehead atoms. The fourth-order valence-corrected chi connectivity index (χ4v) is 2.82. The molecule has 0 radical (unpaired) electrons. The molecule has 1 aromatic carbocycles. The normalized spacial score (nSPS) is 21.8. The number of nitrogens with one attached hydrogen (secondary N) is 2. The number of amides is 2. The summed E-state index contributed by atoms with van der Waals surface area (Å²) >= 11 is 0. The molecular formula is C15H17F3N4O2. The van der Waals surface area contributed by atoms with Crippen molar-refractivity contribution in [3.63, 3.8) is 0 Å². The minimum atomic E-state index is -4.49. The van der Waals surface area contributed by atoms with E-state index in [-0.39, 0.29) is 5.69 Å². The molecule has 0 aliphatic carbocycles. The number of ether oxygens (including phenoxy) is 1. The Morgan fingerprint density at radius 1 is 1.29 bits per heavy atom. The topological polar surface area (TPSA) is 66.0 Å². The van der Waals surface area contributed by atoms with Crippen LogP contribution in [0.3, 0.4) is 0 Å². The summed E-state index contributed by atoms with van der Waals surface area (Å²) in [5.41, 5.74) is 2.32. The average Bonchev–Trinajstić information content (AvgIpc) is 2.54. The number of halogens is 3. The molecule has 1 aromatic rings. The van der Waals surface area contributed by atoms with E-state index >= 15 is 0 Å². The lowest BCUT2D eigenvalue weighted by Crippen LogP contribution is -2.48. The van der Waals surface area contributed by atoms with Gasteiger partial charge in [-0.25, -0.2) is 10.2 Å². The molecule has 1 fully saturated rings. The van der Waals surface area contributed by atoms with E-state index in [0.717, 1.165) is 6.07 Å². The van der Waals surface area contributed by atoms with Gasteiger partial charge in [-0.15, -0.1) is 0 Å². The zero-order valence-electron chi connectivity index (χ0n) is 13.0. The van der Waals surface area contributed by atoms with Gasteiger partial charge in [0.05, 0.1) is 30.5 Å². The molecule has 3 rings (SSSR count). The Balaban J connectivity index is 2.00. The molecule has 6 nitrogen and oxygen atoms in total. The molecule has 0 saturated carbocycles. The number of alkyl halides is 3. The summed E-state index contributed by atoms with van der Waals surface area (Å²) in [7, 11) is 0. The van der Waals surface area contributed by atoms with Crippen molar-refractivity contribution in [1.82, 2.24) is 10.7 Å². The Hall–Kier alpha value is -2.29. The molecule has 2 aliphatic heterocycles. The highest BCUT2D eigenvalue weighted by Gasteiger charge is 2.36. The van der Waals surface area contributed by atoms with Gasteiger partial charge in [0, 0.05) is 24.3 Å². The van der Waals surface area contributed by atoms with Crippen LogP contribution >= 0.6 is 0 Å². The van der Waals surface area contributed by atoms with Gasteiger partial charge < -0.3 is 15.0 Å². The molecular weight excluding hydrogens is 325 g/mol. The van der Waals surface area contributed by atoms with E-state index in [1.165, 1.54) is 6.07 Å². The number of urea groups is 1. The van der Waals surface area contributed by atoms with Crippen LogP contribution in [0, 0.1) is 0 Å². The molecule has 2 heterocycles. The van der Waals surface area contributed by atoms with Crippen LogP contribution in [0.4, 0.5) is 23.7 Å². The van der Waals surface area contributed by atoms with Crippen LogP contribution in [0.2, 0.25) is 0 Å². The van der Waals surface area contributed by atoms with Crippen LogP contribution in [-0.2, 0) is 10.9 Å². The highest BCUT2D eigenvalue weighted by Crippen LogP contribution is 2.37. The molecule has 9 heteroatoms. The number of morpholine rings is 1. The van der Waals surface area contributed by atoms with Gasteiger partial charge in [-0.05, 0) is 19.1 Å². The predicted molar refractivity (Wildman–Crippen MR) is 82.1 cm³/mol. The molecule has 24 heavy (non-hydrogen) atoms. The fraction of sp³-hybridized carbons (Fsp3) is 0.467. The van der Waals surface area contributed by atoms with Crippen molar-refractivity contribution in [1.29, 1.82) is 0 Å². The zero-order valence-corrected chi connectivity index (χ0v) is 13.0. The first-order valence-electron chi connectivity index (χ1n) is 7.54. The van der Waals surface area contributed by atoms with Gasteiger partial charge in [-0.2, -0.15) is 18.3 Å². The minimum absolute atomic E-state index is 0.135. The van der Waals surface area contributed by atoms with Crippen molar-refractivity contribution in [2.75, 3.05) is 31.2 Å². The molecule has 1 saturated heterocycles. The molecule has 2 aliphatic rings. The number of anilines is 1. The van der Waals surface area contributed by atoms with Crippen LogP contribution in [0.15, 0.2) is 23.3 Å². The van der Waals surface area contributed by atoms with Crippen molar-refractivity contribution < 1.29 is 22.7 Å². The third kappa shape index (κ3) is 3.30. The quantitative estimate of drug-likeness (QED) is 0.863. The summed E-state index contributed by atoms with van der Waals surface area (Å²) in [6.07, 6.45) is -4.49. The van der Waals surface area contributed by atoms with Gasteiger partial charge in [0.25, 0.3) is 0 Å². The Labute approximate surface area is 136 Å². The Bertz CT molecular complexity index is 669. The van der Waals surface area contributed by atoms with E-state index in [2.05, 4.69) is 15.8 Å². The van der Waals surface area contributed by atoms with Crippen molar-refractivity contribution in [2.45, 2.75) is 19.1 Å². The van der Waals surface area contributed by atoms with E-state index in [9.17, 15) is 18.0 Å². The van der Waals surface area contributed by atoms with E-state index in [1.807, 2.05) is 0 Å². The second kappa shape index (κ2) is 6.31. The summed E-state index contributed by atoms with van der Waals surface area (Å²) in [6.45, 7) is 3.30. The summed E-state index contributed by atoms with van der Waals surface area (Å²) in [6, 6.07) is 3.17. The Morgan fingerprint density at radius 3 is 2.62 bits per heavy atom. The Morgan fingerprint density at radius 2 is 2.00 bits per heavy atom. The van der Waals surface area contributed by atoms with E-state index < -0.39 is 23.8 Å². The SMILES string of the molecule is C[C@@H]1NC(=O)NN=C1c1ccc(N2CCOCC2)c(C(F)(F)F)c1. The monoisotopic (exact) mass is 342 g/mol. The maximum absolute atomic E-state index is 13.5. The average molecular weight is 342 g/mol. The number of benzene rings is 1. The zero-order chi connectivity index (χ0) is 17.3. The van der Waals surface area contributed by atoms with Gasteiger partial charge in [-0.1, -0.05) is 6.07 Å². The lowest BCUT2D eigenvalue weighted by molar-refractivity contribution is -0.137. The smallest absolute Gasteiger partial charge is 0.378 e. The van der Waals surface area contributed by atoms with Gasteiger partial charge >= 0.3 is 12.2 Å². The third-order valence-corrected chi connectivity index (χ3v) is 3.99. The predicted octanol–water partition coefficient (Wildman–Crippen LogP) is 1.95. The lowest BCUT2D eigenvalue weighted by atomic mass is 9.99. The molecule has 0 unspecified atom stereocenters. The van der Waals surface area contributed by atoms with Crippen LogP contribution in [0.1, 0.15) is 18.1 Å². The van der Waals surface area contributed by atoms with Crippen LogP contribution in [0.25, 0.3) is 0 Å². The fourth-order valence-electron chi connectivity index (χ4n) is 2.82. The van der Waals surface area contributed by atoms with E-state index in [0.29, 0.717) is 37.6 Å². The van der Waals surface area contributed by atoms with E-state index in [1.54, 1.807) is 17.9 Å². The van der Waals surface area contributed by atoms with Gasteiger partial charge in [0.2, 0.25) is 0 Å². The molecule has 2 amide bonds. The number of rotatable bonds is 2. The summed E-state index contributed by atoms with van der Waals surface area (Å²) in [5.74, 6) is 0. The van der Waals surface area contributed by atoms with Crippen LogP contribution in [0.5, 0.6) is 0 Å². The largest absolute Gasteiger partial charge is 0.418 e. The molecule has 1 atom stereocenters. The second-order valence-corrected chi connectivity index (χ2v) is 5.63. The minimum Gasteiger partial charge on any atom is -0.378 e. The molecule has 130 valence electrons. The van der Waals surface area contributed by atoms with Gasteiger partial charge in [-0.3, -0.25) is 0 Å². The summed E-state index contributed by atoms with van der Waals surface area (Å²) in [4.78, 5) is 12.9. The first-order valence-corrected chi connectivity index (χ1v) is 7.54. The number of carbonyl (C=O) groups excluding carboxylic acids is 1. The van der Waals surface area contributed by atoms with Gasteiger partial charge in [0.15, 0.2) is 0 Å². The highest BCUT2D eigenvalue weighted by atomic mass is 19.4. The van der Waals surface area contributed by atoms with Crippen molar-refractivity contribution in [2.24, 2.45) is 5.10 Å². The van der Waals surface area contributed by atoms with Crippen LogP contribution < -0.4 is 15.6 Å². The van der Waals surface area contributed by atoms with Crippen molar-refractivity contribution in [3.05, 3.63) is 29.3 Å². The molecule has 0 aromatic heterocycles. The first-order chi connectivity index (χ1) is 11.4.